The highest BCUT2D eigenvalue weighted by molar-refractivity contribution is 7.99. The van der Waals surface area contributed by atoms with Gasteiger partial charge in [0.05, 0.1) is 19.3 Å². The minimum Gasteiger partial charge on any atom is -0.497 e. The summed E-state index contributed by atoms with van der Waals surface area (Å²) in [6, 6.07) is 14.3. The van der Waals surface area contributed by atoms with E-state index in [-0.39, 0.29) is 5.56 Å². The largest absolute Gasteiger partial charge is 0.497 e. The lowest BCUT2D eigenvalue weighted by Gasteiger charge is -2.07. The van der Waals surface area contributed by atoms with Gasteiger partial charge in [0, 0.05) is 10.6 Å². The molecule has 0 unspecified atom stereocenters. The number of benzene rings is 2. The number of thioether (sulfide) groups is 1. The average molecular weight is 304 g/mol. The number of hydrogen-bond acceptors (Lipinski definition) is 4. The normalized spacial score (nSPS) is 10.1. The molecule has 21 heavy (non-hydrogen) atoms. The van der Waals surface area contributed by atoms with E-state index in [1.54, 1.807) is 37.1 Å². The van der Waals surface area contributed by atoms with Crippen LogP contribution in [0.15, 0.2) is 53.4 Å². The average Bonchev–Trinajstić information content (AvgIpc) is 2.52. The monoisotopic (exact) mass is 304 g/mol. The Hall–Kier alpha value is -2.14. The van der Waals surface area contributed by atoms with Gasteiger partial charge >= 0.3 is 5.97 Å². The first-order valence-corrected chi connectivity index (χ1v) is 7.40. The van der Waals surface area contributed by atoms with Crippen LogP contribution >= 0.6 is 11.8 Å². The number of rotatable bonds is 7. The van der Waals surface area contributed by atoms with Crippen LogP contribution in [0, 0.1) is 0 Å². The highest BCUT2D eigenvalue weighted by Crippen LogP contribution is 2.23. The van der Waals surface area contributed by atoms with Crippen LogP contribution in [-0.2, 0) is 0 Å². The molecule has 0 aliphatic heterocycles. The summed E-state index contributed by atoms with van der Waals surface area (Å²) < 4.78 is 10.7. The van der Waals surface area contributed by atoms with E-state index in [1.807, 2.05) is 24.3 Å². The van der Waals surface area contributed by atoms with Gasteiger partial charge in [0.25, 0.3) is 0 Å². The Morgan fingerprint density at radius 3 is 2.67 bits per heavy atom. The number of carbonyl (C=O) groups is 1. The van der Waals surface area contributed by atoms with E-state index in [0.29, 0.717) is 12.4 Å². The SMILES string of the molecule is COc1cccc(SCCOc2cccc(C(=O)O)c2)c1. The number of ether oxygens (including phenoxy) is 2. The minimum atomic E-state index is -0.953. The molecule has 0 fully saturated rings. The maximum Gasteiger partial charge on any atom is 0.335 e. The molecule has 1 N–H and O–H groups in total. The van der Waals surface area contributed by atoms with Gasteiger partial charge in [0.2, 0.25) is 0 Å². The number of hydrogen-bond donors (Lipinski definition) is 1. The van der Waals surface area contributed by atoms with Gasteiger partial charge in [0.1, 0.15) is 11.5 Å². The summed E-state index contributed by atoms with van der Waals surface area (Å²) in [5.41, 5.74) is 0.230. The highest BCUT2D eigenvalue weighted by atomic mass is 32.2. The molecule has 0 bridgehead atoms. The molecule has 5 heteroatoms. The first-order chi connectivity index (χ1) is 10.2. The van der Waals surface area contributed by atoms with E-state index in [1.165, 1.54) is 6.07 Å². The number of carboxylic acid groups (broad SMARTS) is 1. The third-order valence-electron chi connectivity index (χ3n) is 2.74. The number of methoxy groups -OCH3 is 1. The van der Waals surface area contributed by atoms with Crippen LogP contribution in [-0.4, -0.2) is 30.5 Å². The van der Waals surface area contributed by atoms with E-state index in [9.17, 15) is 4.79 Å². The maximum absolute atomic E-state index is 10.9. The Labute approximate surface area is 127 Å². The zero-order chi connectivity index (χ0) is 15.1. The van der Waals surface area contributed by atoms with Gasteiger partial charge in [-0.2, -0.15) is 0 Å². The van der Waals surface area contributed by atoms with Gasteiger partial charge in [-0.05, 0) is 36.4 Å². The highest BCUT2D eigenvalue weighted by Gasteiger charge is 2.04. The molecule has 0 heterocycles. The summed E-state index contributed by atoms with van der Waals surface area (Å²) in [5.74, 6) is 1.22. The molecule has 0 radical (unpaired) electrons. The quantitative estimate of drug-likeness (QED) is 0.626. The van der Waals surface area contributed by atoms with E-state index >= 15 is 0 Å². The molecule has 2 aromatic rings. The van der Waals surface area contributed by atoms with Crippen molar-refractivity contribution in [2.45, 2.75) is 4.90 Å². The molecule has 0 saturated carbocycles. The summed E-state index contributed by atoms with van der Waals surface area (Å²) in [7, 11) is 1.64. The van der Waals surface area contributed by atoms with Gasteiger partial charge < -0.3 is 14.6 Å². The molecule has 2 aromatic carbocycles. The molecule has 2 rings (SSSR count). The molecule has 0 aliphatic carbocycles. The predicted octanol–water partition coefficient (Wildman–Crippen LogP) is 3.56. The van der Waals surface area contributed by atoms with E-state index < -0.39 is 5.97 Å². The summed E-state index contributed by atoms with van der Waals surface area (Å²) in [4.78, 5) is 12.0. The fourth-order valence-corrected chi connectivity index (χ4v) is 2.51. The second kappa shape index (κ2) is 7.59. The first-order valence-electron chi connectivity index (χ1n) is 6.42. The molecule has 0 atom stereocenters. The van der Waals surface area contributed by atoms with Gasteiger partial charge in [-0.15, -0.1) is 11.8 Å². The van der Waals surface area contributed by atoms with Crippen molar-refractivity contribution >= 4 is 17.7 Å². The Bertz CT molecular complexity index is 613. The van der Waals surface area contributed by atoms with Crippen LogP contribution in [0.1, 0.15) is 10.4 Å². The van der Waals surface area contributed by atoms with Crippen molar-refractivity contribution in [1.82, 2.24) is 0 Å². The zero-order valence-electron chi connectivity index (χ0n) is 11.6. The van der Waals surface area contributed by atoms with Gasteiger partial charge in [0.15, 0.2) is 0 Å². The molecule has 0 amide bonds. The van der Waals surface area contributed by atoms with Crippen molar-refractivity contribution in [3.05, 3.63) is 54.1 Å². The van der Waals surface area contributed by atoms with Gasteiger partial charge in [-0.1, -0.05) is 12.1 Å². The van der Waals surface area contributed by atoms with Crippen molar-refractivity contribution in [3.63, 3.8) is 0 Å². The van der Waals surface area contributed by atoms with Crippen molar-refractivity contribution in [3.8, 4) is 11.5 Å². The second-order valence-electron chi connectivity index (χ2n) is 4.21. The fraction of sp³-hybridized carbons (Fsp3) is 0.188. The molecular weight excluding hydrogens is 288 g/mol. The van der Waals surface area contributed by atoms with Crippen molar-refractivity contribution in [2.75, 3.05) is 19.5 Å². The number of carboxylic acids is 1. The van der Waals surface area contributed by atoms with Crippen LogP contribution in [0.4, 0.5) is 0 Å². The van der Waals surface area contributed by atoms with Gasteiger partial charge in [-0.3, -0.25) is 0 Å². The summed E-state index contributed by atoms with van der Waals surface area (Å²) >= 11 is 1.66. The van der Waals surface area contributed by atoms with Crippen LogP contribution in [0.25, 0.3) is 0 Å². The third-order valence-corrected chi connectivity index (χ3v) is 3.70. The van der Waals surface area contributed by atoms with Crippen LogP contribution in [0.5, 0.6) is 11.5 Å². The molecule has 110 valence electrons. The van der Waals surface area contributed by atoms with Crippen LogP contribution < -0.4 is 9.47 Å². The maximum atomic E-state index is 10.9. The minimum absolute atomic E-state index is 0.230. The summed E-state index contributed by atoms with van der Waals surface area (Å²) in [6.07, 6.45) is 0. The molecular formula is C16H16O4S. The molecule has 0 spiro atoms. The summed E-state index contributed by atoms with van der Waals surface area (Å²) in [5, 5.41) is 8.91. The Balaban J connectivity index is 1.81. The number of aromatic carboxylic acids is 1. The van der Waals surface area contributed by atoms with Crippen molar-refractivity contribution < 1.29 is 19.4 Å². The van der Waals surface area contributed by atoms with Gasteiger partial charge in [-0.25, -0.2) is 4.79 Å². The second-order valence-corrected chi connectivity index (χ2v) is 5.38. The molecule has 4 nitrogen and oxygen atoms in total. The molecule has 0 saturated heterocycles. The topological polar surface area (TPSA) is 55.8 Å². The molecule has 0 aromatic heterocycles. The zero-order valence-corrected chi connectivity index (χ0v) is 12.4. The standard InChI is InChI=1S/C16H16O4S/c1-19-13-5-3-7-15(11-13)21-9-8-20-14-6-2-4-12(10-14)16(17)18/h2-7,10-11H,8-9H2,1H3,(H,17,18). The fourth-order valence-electron chi connectivity index (χ4n) is 1.73. The Morgan fingerprint density at radius 2 is 1.90 bits per heavy atom. The first kappa shape index (κ1) is 15.3. The van der Waals surface area contributed by atoms with Crippen LogP contribution in [0.3, 0.4) is 0 Å². The lowest BCUT2D eigenvalue weighted by Crippen LogP contribution is -2.02. The van der Waals surface area contributed by atoms with E-state index in [2.05, 4.69) is 0 Å². The lowest BCUT2D eigenvalue weighted by atomic mass is 10.2. The van der Waals surface area contributed by atoms with E-state index in [4.69, 9.17) is 14.6 Å². The van der Waals surface area contributed by atoms with E-state index in [0.717, 1.165) is 16.4 Å². The predicted molar refractivity (Wildman–Crippen MR) is 82.6 cm³/mol. The third kappa shape index (κ3) is 4.72. The lowest BCUT2D eigenvalue weighted by molar-refractivity contribution is 0.0696. The van der Waals surface area contributed by atoms with Crippen molar-refractivity contribution in [2.24, 2.45) is 0 Å². The molecule has 0 aliphatic rings. The van der Waals surface area contributed by atoms with Crippen LogP contribution in [0.2, 0.25) is 0 Å². The van der Waals surface area contributed by atoms with Crippen molar-refractivity contribution in [1.29, 1.82) is 0 Å². The Morgan fingerprint density at radius 1 is 1.14 bits per heavy atom. The Kier molecular flexibility index (Phi) is 5.51. The summed E-state index contributed by atoms with van der Waals surface area (Å²) in [6.45, 7) is 0.505. The smallest absolute Gasteiger partial charge is 0.335 e.